The lowest BCUT2D eigenvalue weighted by molar-refractivity contribution is 1.28. The standard InChI is InChI=1S/C19H14N4S/c1-2-4-16-11-17(6-5-15(16)3-1)18-13-24-19(22-18)23-21-12-14-7-9-20-10-8-14/h1-13H,(H,22,23)/b21-12+. The summed E-state index contributed by atoms with van der Waals surface area (Å²) in [4.78, 5) is 8.58. The van der Waals surface area contributed by atoms with Crippen molar-refractivity contribution in [3.05, 3.63) is 77.9 Å². The van der Waals surface area contributed by atoms with Gasteiger partial charge in [0.15, 0.2) is 0 Å². The number of thiazole rings is 1. The van der Waals surface area contributed by atoms with Gasteiger partial charge in [0.1, 0.15) is 0 Å². The molecule has 2 aromatic carbocycles. The molecule has 0 bridgehead atoms. The number of anilines is 1. The van der Waals surface area contributed by atoms with Gasteiger partial charge in [0.2, 0.25) is 5.13 Å². The fourth-order valence-electron chi connectivity index (χ4n) is 2.42. The molecular formula is C19H14N4S. The number of hydrogen-bond acceptors (Lipinski definition) is 5. The molecule has 0 unspecified atom stereocenters. The summed E-state index contributed by atoms with van der Waals surface area (Å²) < 4.78 is 0. The Balaban J connectivity index is 1.52. The van der Waals surface area contributed by atoms with E-state index in [0.29, 0.717) is 0 Å². The number of hydrazone groups is 1. The van der Waals surface area contributed by atoms with Gasteiger partial charge in [-0.3, -0.25) is 10.4 Å². The highest BCUT2D eigenvalue weighted by Crippen LogP contribution is 2.27. The second-order valence-electron chi connectivity index (χ2n) is 5.25. The Labute approximate surface area is 143 Å². The number of hydrogen-bond donors (Lipinski definition) is 1. The smallest absolute Gasteiger partial charge is 0.203 e. The minimum Gasteiger partial charge on any atom is -0.265 e. The molecule has 1 N–H and O–H groups in total. The minimum atomic E-state index is 0.767. The Morgan fingerprint density at radius 1 is 0.958 bits per heavy atom. The van der Waals surface area contributed by atoms with Gasteiger partial charge in [-0.05, 0) is 34.5 Å². The van der Waals surface area contributed by atoms with Crippen LogP contribution < -0.4 is 5.43 Å². The molecule has 0 aliphatic rings. The van der Waals surface area contributed by atoms with E-state index in [1.54, 1.807) is 18.6 Å². The first-order valence-corrected chi connectivity index (χ1v) is 8.40. The molecule has 0 saturated heterocycles. The second kappa shape index (κ2) is 6.60. The predicted octanol–water partition coefficient (Wildman–Crippen LogP) is 4.80. The lowest BCUT2D eigenvalue weighted by atomic mass is 10.1. The third-order valence-electron chi connectivity index (χ3n) is 3.63. The average Bonchev–Trinajstić information content (AvgIpc) is 3.11. The van der Waals surface area contributed by atoms with Crippen LogP contribution in [-0.4, -0.2) is 16.2 Å². The fourth-order valence-corrected chi connectivity index (χ4v) is 3.09. The summed E-state index contributed by atoms with van der Waals surface area (Å²) in [5, 5.41) is 9.47. The van der Waals surface area contributed by atoms with Gasteiger partial charge in [0.05, 0.1) is 11.9 Å². The predicted molar refractivity (Wildman–Crippen MR) is 101 cm³/mol. The van der Waals surface area contributed by atoms with Crippen LogP contribution in [0, 0.1) is 0 Å². The molecule has 4 aromatic rings. The Kier molecular flexibility index (Phi) is 4.00. The van der Waals surface area contributed by atoms with E-state index < -0.39 is 0 Å². The number of rotatable bonds is 4. The highest BCUT2D eigenvalue weighted by molar-refractivity contribution is 7.14. The van der Waals surface area contributed by atoms with Crippen molar-refractivity contribution in [3.8, 4) is 11.3 Å². The quantitative estimate of drug-likeness (QED) is 0.432. The molecule has 0 radical (unpaired) electrons. The lowest BCUT2D eigenvalue weighted by Crippen LogP contribution is -1.90. The summed E-state index contributed by atoms with van der Waals surface area (Å²) in [5.41, 5.74) is 6.03. The first-order valence-electron chi connectivity index (χ1n) is 7.52. The Morgan fingerprint density at radius 2 is 1.79 bits per heavy atom. The highest BCUT2D eigenvalue weighted by Gasteiger charge is 2.04. The molecule has 116 valence electrons. The van der Waals surface area contributed by atoms with Gasteiger partial charge >= 0.3 is 0 Å². The van der Waals surface area contributed by atoms with Crippen molar-refractivity contribution in [1.29, 1.82) is 0 Å². The number of nitrogens with one attached hydrogen (secondary N) is 1. The van der Waals surface area contributed by atoms with Gasteiger partial charge in [0, 0.05) is 23.3 Å². The average molecular weight is 330 g/mol. The molecule has 5 heteroatoms. The zero-order valence-corrected chi connectivity index (χ0v) is 13.6. The molecule has 0 fully saturated rings. The molecule has 0 aliphatic carbocycles. The van der Waals surface area contributed by atoms with Gasteiger partial charge < -0.3 is 0 Å². The van der Waals surface area contributed by atoms with Crippen molar-refractivity contribution in [2.75, 3.05) is 5.43 Å². The first-order chi connectivity index (χ1) is 11.9. The van der Waals surface area contributed by atoms with Gasteiger partial charge in [0.25, 0.3) is 0 Å². The molecule has 0 amide bonds. The number of fused-ring (bicyclic) bond motifs is 1. The van der Waals surface area contributed by atoms with E-state index in [0.717, 1.165) is 22.0 Å². The van der Waals surface area contributed by atoms with Gasteiger partial charge in [-0.2, -0.15) is 5.10 Å². The van der Waals surface area contributed by atoms with Crippen LogP contribution in [0.3, 0.4) is 0 Å². The fraction of sp³-hybridized carbons (Fsp3) is 0. The monoisotopic (exact) mass is 330 g/mol. The molecule has 24 heavy (non-hydrogen) atoms. The molecule has 4 nitrogen and oxygen atoms in total. The van der Waals surface area contributed by atoms with E-state index in [2.05, 4.69) is 50.8 Å². The van der Waals surface area contributed by atoms with Crippen LogP contribution in [0.1, 0.15) is 5.56 Å². The second-order valence-corrected chi connectivity index (χ2v) is 6.11. The minimum absolute atomic E-state index is 0.767. The maximum atomic E-state index is 4.60. The van der Waals surface area contributed by atoms with Crippen LogP contribution in [0.15, 0.2) is 77.5 Å². The molecular weight excluding hydrogens is 316 g/mol. The number of aromatic nitrogens is 2. The maximum Gasteiger partial charge on any atom is 0.203 e. The molecule has 0 spiro atoms. The lowest BCUT2D eigenvalue weighted by Gasteiger charge is -2.00. The third kappa shape index (κ3) is 3.16. The van der Waals surface area contributed by atoms with E-state index in [1.165, 1.54) is 22.1 Å². The molecule has 0 saturated carbocycles. The zero-order chi connectivity index (χ0) is 16.2. The summed E-state index contributed by atoms with van der Waals surface area (Å²) in [6.45, 7) is 0. The maximum absolute atomic E-state index is 4.60. The number of pyridine rings is 1. The van der Waals surface area contributed by atoms with E-state index in [4.69, 9.17) is 0 Å². The normalized spacial score (nSPS) is 11.2. The van der Waals surface area contributed by atoms with Gasteiger partial charge in [-0.25, -0.2) is 4.98 Å². The van der Waals surface area contributed by atoms with E-state index in [1.807, 2.05) is 29.6 Å². The van der Waals surface area contributed by atoms with Crippen LogP contribution in [0.4, 0.5) is 5.13 Å². The van der Waals surface area contributed by atoms with Crippen LogP contribution in [0.25, 0.3) is 22.0 Å². The van der Waals surface area contributed by atoms with Crippen molar-refractivity contribution < 1.29 is 0 Å². The summed E-state index contributed by atoms with van der Waals surface area (Å²) >= 11 is 1.54. The van der Waals surface area contributed by atoms with Crippen molar-refractivity contribution in [1.82, 2.24) is 9.97 Å². The molecule has 2 heterocycles. The first kappa shape index (κ1) is 14.5. The van der Waals surface area contributed by atoms with Crippen LogP contribution in [-0.2, 0) is 0 Å². The van der Waals surface area contributed by atoms with Gasteiger partial charge in [-0.1, -0.05) is 36.4 Å². The molecule has 0 aliphatic heterocycles. The zero-order valence-electron chi connectivity index (χ0n) is 12.8. The molecule has 0 atom stereocenters. The van der Waals surface area contributed by atoms with Crippen molar-refractivity contribution >= 4 is 33.5 Å². The van der Waals surface area contributed by atoms with E-state index in [-0.39, 0.29) is 0 Å². The number of benzene rings is 2. The summed E-state index contributed by atoms with van der Waals surface area (Å²) in [6, 6.07) is 18.5. The Bertz CT molecular complexity index is 992. The number of nitrogens with zero attached hydrogens (tertiary/aromatic N) is 3. The summed E-state index contributed by atoms with van der Waals surface area (Å²) in [5.74, 6) is 0. The van der Waals surface area contributed by atoms with Crippen LogP contribution in [0.5, 0.6) is 0 Å². The van der Waals surface area contributed by atoms with Gasteiger partial charge in [-0.15, -0.1) is 11.3 Å². The topological polar surface area (TPSA) is 50.2 Å². The van der Waals surface area contributed by atoms with Crippen LogP contribution in [0.2, 0.25) is 0 Å². The summed E-state index contributed by atoms with van der Waals surface area (Å²) in [6.07, 6.45) is 5.23. The summed E-state index contributed by atoms with van der Waals surface area (Å²) in [7, 11) is 0. The molecule has 4 rings (SSSR count). The third-order valence-corrected chi connectivity index (χ3v) is 4.38. The van der Waals surface area contributed by atoms with Crippen molar-refractivity contribution in [3.63, 3.8) is 0 Å². The SMILES string of the molecule is C(=N\Nc1nc(-c2ccc3ccccc3c2)cs1)/c1ccncc1. The Hall–Kier alpha value is -3.05. The largest absolute Gasteiger partial charge is 0.265 e. The van der Waals surface area contributed by atoms with Crippen molar-refractivity contribution in [2.24, 2.45) is 5.10 Å². The van der Waals surface area contributed by atoms with Crippen LogP contribution >= 0.6 is 11.3 Å². The van der Waals surface area contributed by atoms with E-state index in [9.17, 15) is 0 Å². The van der Waals surface area contributed by atoms with Crippen molar-refractivity contribution in [2.45, 2.75) is 0 Å². The Morgan fingerprint density at radius 3 is 2.67 bits per heavy atom. The van der Waals surface area contributed by atoms with E-state index >= 15 is 0 Å². The molecule has 2 aromatic heterocycles. The highest BCUT2D eigenvalue weighted by atomic mass is 32.1.